The Morgan fingerprint density at radius 2 is 0.889 bits per heavy atom. The fourth-order valence-electron chi connectivity index (χ4n) is 6.40. The van der Waals surface area contributed by atoms with Crippen LogP contribution < -0.4 is 11.5 Å². The summed E-state index contributed by atoms with van der Waals surface area (Å²) in [5, 5.41) is 0. The molecule has 0 aliphatic heterocycles. The second-order valence-electron chi connectivity index (χ2n) is 7.64. The van der Waals surface area contributed by atoms with Gasteiger partial charge in [0, 0.05) is 12.1 Å². The Labute approximate surface area is 111 Å². The Kier molecular flexibility index (Phi) is 2.74. The number of rotatable bonds is 0. The monoisotopic (exact) mass is 248 g/mol. The molecular weight excluding hydrogens is 220 g/mol. The van der Waals surface area contributed by atoms with Gasteiger partial charge in [-0.15, -0.1) is 0 Å². The highest BCUT2D eigenvalue weighted by molar-refractivity contribution is 5.05. The maximum atomic E-state index is 6.45. The maximum Gasteiger partial charge on any atom is 0.00701 e. The second-order valence-corrected chi connectivity index (χ2v) is 7.64. The van der Waals surface area contributed by atoms with E-state index in [4.69, 9.17) is 11.5 Å². The zero-order chi connectivity index (χ0) is 12.3. The highest BCUT2D eigenvalue weighted by Crippen LogP contribution is 2.59. The molecule has 18 heavy (non-hydrogen) atoms. The van der Waals surface area contributed by atoms with Crippen LogP contribution in [0.1, 0.15) is 51.4 Å². The Bertz CT molecular complexity index is 297. The van der Waals surface area contributed by atoms with Gasteiger partial charge >= 0.3 is 0 Å². The van der Waals surface area contributed by atoms with Gasteiger partial charge < -0.3 is 11.5 Å². The van der Waals surface area contributed by atoms with Crippen molar-refractivity contribution in [1.29, 1.82) is 0 Å². The van der Waals surface area contributed by atoms with Crippen LogP contribution in [0.15, 0.2) is 0 Å². The van der Waals surface area contributed by atoms with Gasteiger partial charge in [-0.25, -0.2) is 0 Å². The molecule has 4 aliphatic carbocycles. The van der Waals surface area contributed by atoms with Crippen molar-refractivity contribution in [2.45, 2.75) is 63.5 Å². The average Bonchev–Trinajstić information content (AvgIpc) is 2.40. The van der Waals surface area contributed by atoms with Crippen LogP contribution in [0.25, 0.3) is 0 Å². The fraction of sp³-hybridized carbons (Fsp3) is 1.00. The van der Waals surface area contributed by atoms with Gasteiger partial charge in [-0.2, -0.15) is 0 Å². The molecule has 4 aliphatic rings. The largest absolute Gasteiger partial charge is 0.327 e. The minimum Gasteiger partial charge on any atom is -0.327 e. The lowest BCUT2D eigenvalue weighted by molar-refractivity contribution is -0.0884. The van der Waals surface area contributed by atoms with Crippen molar-refractivity contribution >= 4 is 0 Å². The smallest absolute Gasteiger partial charge is 0.00701 e. The Morgan fingerprint density at radius 3 is 1.33 bits per heavy atom. The summed E-state index contributed by atoms with van der Waals surface area (Å²) in [5.74, 6) is 5.61. The lowest BCUT2D eigenvalue weighted by atomic mass is 9.47. The third-order valence-electron chi connectivity index (χ3n) is 7.10. The van der Waals surface area contributed by atoms with Crippen molar-refractivity contribution in [2.24, 2.45) is 47.0 Å². The maximum absolute atomic E-state index is 6.45. The van der Waals surface area contributed by atoms with Crippen LogP contribution in [0, 0.1) is 35.5 Å². The first-order chi connectivity index (χ1) is 8.75. The van der Waals surface area contributed by atoms with E-state index in [1.165, 1.54) is 51.4 Å². The highest BCUT2D eigenvalue weighted by atomic mass is 14.7. The van der Waals surface area contributed by atoms with Gasteiger partial charge in [0.1, 0.15) is 0 Å². The van der Waals surface area contributed by atoms with E-state index in [0.29, 0.717) is 12.1 Å². The molecule has 0 heterocycles. The molecule has 102 valence electrons. The molecule has 8 unspecified atom stereocenters. The minimum absolute atomic E-state index is 0.504. The van der Waals surface area contributed by atoms with Crippen molar-refractivity contribution in [2.75, 3.05) is 0 Å². The van der Waals surface area contributed by atoms with Crippen molar-refractivity contribution in [3.8, 4) is 0 Å². The standard InChI is InChI=1S/C16H28N2/c17-13-8-4-10-2-6-12-14(18)7-3-9-1-5-11(13)16(10)15(9)12/h9-16H,1-8,17-18H2. The lowest BCUT2D eigenvalue weighted by Crippen LogP contribution is -2.58. The quantitative estimate of drug-likeness (QED) is 0.692. The molecule has 0 amide bonds. The highest BCUT2D eigenvalue weighted by Gasteiger charge is 2.54. The van der Waals surface area contributed by atoms with E-state index in [0.717, 1.165) is 35.5 Å². The van der Waals surface area contributed by atoms with Crippen molar-refractivity contribution in [3.05, 3.63) is 0 Å². The SMILES string of the molecule is NC1CCC2CCC3C(N)CCC4CCC1C2C43. The summed E-state index contributed by atoms with van der Waals surface area (Å²) < 4.78 is 0. The van der Waals surface area contributed by atoms with Crippen molar-refractivity contribution in [1.82, 2.24) is 0 Å². The predicted molar refractivity (Wildman–Crippen MR) is 73.8 cm³/mol. The summed E-state index contributed by atoms with van der Waals surface area (Å²) in [4.78, 5) is 0. The first-order valence-electron chi connectivity index (χ1n) is 8.27. The van der Waals surface area contributed by atoms with Gasteiger partial charge in [0.15, 0.2) is 0 Å². The van der Waals surface area contributed by atoms with Gasteiger partial charge in [0.05, 0.1) is 0 Å². The Hall–Kier alpha value is -0.0800. The Balaban J connectivity index is 1.68. The molecule has 2 nitrogen and oxygen atoms in total. The normalized spacial score (nSPS) is 59.0. The third-order valence-corrected chi connectivity index (χ3v) is 7.10. The zero-order valence-corrected chi connectivity index (χ0v) is 11.4. The average molecular weight is 248 g/mol. The van der Waals surface area contributed by atoms with Gasteiger partial charge in [-0.05, 0) is 86.9 Å². The topological polar surface area (TPSA) is 52.0 Å². The van der Waals surface area contributed by atoms with Crippen molar-refractivity contribution < 1.29 is 0 Å². The number of nitrogens with two attached hydrogens (primary N) is 2. The van der Waals surface area contributed by atoms with E-state index in [1.54, 1.807) is 0 Å². The van der Waals surface area contributed by atoms with Crippen LogP contribution in [0.2, 0.25) is 0 Å². The van der Waals surface area contributed by atoms with E-state index < -0.39 is 0 Å². The molecule has 0 aromatic heterocycles. The molecule has 0 saturated heterocycles. The van der Waals surface area contributed by atoms with Crippen LogP contribution in [-0.4, -0.2) is 12.1 Å². The summed E-state index contributed by atoms with van der Waals surface area (Å²) in [6.45, 7) is 0. The predicted octanol–water partition coefficient (Wildman–Crippen LogP) is 2.51. The first kappa shape index (κ1) is 11.7. The zero-order valence-electron chi connectivity index (χ0n) is 11.4. The van der Waals surface area contributed by atoms with Crippen LogP contribution in [0.4, 0.5) is 0 Å². The van der Waals surface area contributed by atoms with Crippen LogP contribution in [-0.2, 0) is 0 Å². The molecule has 4 saturated carbocycles. The van der Waals surface area contributed by atoms with E-state index in [2.05, 4.69) is 0 Å². The molecule has 4 rings (SSSR count). The molecular formula is C16H28N2. The molecule has 4 fully saturated rings. The van der Waals surface area contributed by atoms with E-state index >= 15 is 0 Å². The number of hydrogen-bond donors (Lipinski definition) is 2. The number of hydrogen-bond acceptors (Lipinski definition) is 2. The Morgan fingerprint density at radius 1 is 0.500 bits per heavy atom. The van der Waals surface area contributed by atoms with Crippen molar-refractivity contribution in [3.63, 3.8) is 0 Å². The van der Waals surface area contributed by atoms with Crippen LogP contribution in [0.5, 0.6) is 0 Å². The van der Waals surface area contributed by atoms with E-state index in [9.17, 15) is 0 Å². The van der Waals surface area contributed by atoms with Gasteiger partial charge in [0.2, 0.25) is 0 Å². The molecule has 0 aromatic carbocycles. The summed E-state index contributed by atoms with van der Waals surface area (Å²) in [6.07, 6.45) is 11.2. The van der Waals surface area contributed by atoms with E-state index in [-0.39, 0.29) is 0 Å². The summed E-state index contributed by atoms with van der Waals surface area (Å²) >= 11 is 0. The first-order valence-corrected chi connectivity index (χ1v) is 8.27. The molecule has 0 spiro atoms. The third kappa shape index (κ3) is 1.54. The van der Waals surface area contributed by atoms with Gasteiger partial charge in [-0.3, -0.25) is 0 Å². The molecule has 4 N–H and O–H groups in total. The molecule has 0 bridgehead atoms. The molecule has 0 radical (unpaired) electrons. The molecule has 8 atom stereocenters. The van der Waals surface area contributed by atoms with Crippen LogP contribution in [0.3, 0.4) is 0 Å². The van der Waals surface area contributed by atoms with Gasteiger partial charge in [0.25, 0.3) is 0 Å². The summed E-state index contributed by atoms with van der Waals surface area (Å²) in [5.41, 5.74) is 12.9. The summed E-state index contributed by atoms with van der Waals surface area (Å²) in [6, 6.07) is 1.01. The summed E-state index contributed by atoms with van der Waals surface area (Å²) in [7, 11) is 0. The van der Waals surface area contributed by atoms with Gasteiger partial charge in [-0.1, -0.05) is 0 Å². The minimum atomic E-state index is 0.504. The lowest BCUT2D eigenvalue weighted by Gasteiger charge is -2.60. The van der Waals surface area contributed by atoms with E-state index in [1.807, 2.05) is 0 Å². The van der Waals surface area contributed by atoms with Crippen LogP contribution >= 0.6 is 0 Å². The second kappa shape index (κ2) is 4.21. The fourth-order valence-corrected chi connectivity index (χ4v) is 6.40. The molecule has 2 heteroatoms. The molecule has 0 aromatic rings.